The molecule has 0 N–H and O–H groups in total. The summed E-state index contributed by atoms with van der Waals surface area (Å²) in [4.78, 5) is 7.79. The van der Waals surface area contributed by atoms with E-state index in [0.717, 1.165) is 5.76 Å². The molecule has 3 nitrogen and oxygen atoms in total. The van der Waals surface area contributed by atoms with Crippen LogP contribution in [-0.4, -0.2) is 9.97 Å². The van der Waals surface area contributed by atoms with E-state index in [0.29, 0.717) is 15.8 Å². The van der Waals surface area contributed by atoms with Crippen LogP contribution in [0.5, 0.6) is 0 Å². The number of nitrogens with zero attached hydrogens (tertiary/aromatic N) is 2. The molecule has 6 heteroatoms. The monoisotopic (exact) mass is 260 g/mol. The molecule has 0 atom stereocenters. The normalized spacial score (nSPS) is 10.5. The highest BCUT2D eigenvalue weighted by Crippen LogP contribution is 2.28. The van der Waals surface area contributed by atoms with Gasteiger partial charge < -0.3 is 4.42 Å². The number of furan rings is 1. The number of aromatic nitrogens is 2. The van der Waals surface area contributed by atoms with Crippen molar-refractivity contribution in [1.82, 2.24) is 9.97 Å². The summed E-state index contributed by atoms with van der Waals surface area (Å²) in [7, 11) is 0. The molecule has 0 amide bonds. The maximum absolute atomic E-state index is 5.90. The Labute approximate surface area is 101 Å². The molecule has 0 aromatic carbocycles. The third kappa shape index (κ3) is 2.87. The molecule has 2 rings (SSSR count). The Hall–Kier alpha value is -0.710. The molecule has 0 spiro atoms. The molecule has 0 aliphatic rings. The average Bonchev–Trinajstić information content (AvgIpc) is 2.72. The molecule has 0 saturated heterocycles. The van der Waals surface area contributed by atoms with Crippen LogP contribution in [0, 0.1) is 0 Å². The van der Waals surface area contributed by atoms with Crippen molar-refractivity contribution < 1.29 is 4.42 Å². The fourth-order valence-corrected chi connectivity index (χ4v) is 2.19. The Morgan fingerprint density at radius 3 is 3.00 bits per heavy atom. The first kappa shape index (κ1) is 10.8. The number of rotatable bonds is 3. The fraction of sp³-hybridized carbons (Fsp3) is 0.111. The van der Waals surface area contributed by atoms with Gasteiger partial charge in [-0.2, -0.15) is 0 Å². The summed E-state index contributed by atoms with van der Waals surface area (Å²) in [6.07, 6.45) is 3.12. The number of hydrogen-bond acceptors (Lipinski definition) is 4. The summed E-state index contributed by atoms with van der Waals surface area (Å²) in [5.41, 5.74) is 0. The van der Waals surface area contributed by atoms with Gasteiger partial charge in [-0.05, 0) is 23.7 Å². The lowest BCUT2D eigenvalue weighted by atomic mass is 10.5. The van der Waals surface area contributed by atoms with Crippen molar-refractivity contribution in [2.24, 2.45) is 0 Å². The second-order valence-electron chi connectivity index (χ2n) is 2.66. The summed E-state index contributed by atoms with van der Waals surface area (Å²) in [6, 6.07) is 3.73. The van der Waals surface area contributed by atoms with Crippen LogP contribution in [0.3, 0.4) is 0 Å². The molecular weight excluding hydrogens is 255 g/mol. The Balaban J connectivity index is 2.07. The van der Waals surface area contributed by atoms with Gasteiger partial charge in [-0.1, -0.05) is 23.4 Å². The smallest absolute Gasteiger partial charge is 0.223 e. The molecule has 0 aliphatic carbocycles. The Morgan fingerprint density at radius 2 is 2.27 bits per heavy atom. The maximum atomic E-state index is 5.90. The minimum Gasteiger partial charge on any atom is -0.468 e. The first-order chi connectivity index (χ1) is 7.25. The van der Waals surface area contributed by atoms with Crippen molar-refractivity contribution in [3.8, 4) is 0 Å². The Morgan fingerprint density at radius 1 is 1.40 bits per heavy atom. The predicted octanol–water partition coefficient (Wildman–Crippen LogP) is 3.67. The number of thioether (sulfide) groups is 1. The minimum atomic E-state index is 0.196. The zero-order chi connectivity index (χ0) is 10.7. The molecule has 2 aromatic heterocycles. The quantitative estimate of drug-likeness (QED) is 0.480. The van der Waals surface area contributed by atoms with Gasteiger partial charge in [-0.15, -0.1) is 0 Å². The summed E-state index contributed by atoms with van der Waals surface area (Å²) < 4.78 is 5.19. The zero-order valence-corrected chi connectivity index (χ0v) is 9.81. The van der Waals surface area contributed by atoms with Crippen molar-refractivity contribution in [2.75, 3.05) is 0 Å². The number of halogens is 2. The van der Waals surface area contributed by atoms with Gasteiger partial charge in [0.15, 0.2) is 0 Å². The van der Waals surface area contributed by atoms with Gasteiger partial charge in [-0.25, -0.2) is 9.97 Å². The van der Waals surface area contributed by atoms with E-state index in [1.807, 2.05) is 12.1 Å². The van der Waals surface area contributed by atoms with Crippen LogP contribution in [0.4, 0.5) is 0 Å². The van der Waals surface area contributed by atoms with E-state index in [1.54, 1.807) is 6.26 Å². The molecule has 0 unspecified atom stereocenters. The lowest BCUT2D eigenvalue weighted by Gasteiger charge is -2.00. The third-order valence-corrected chi connectivity index (χ3v) is 3.20. The molecule has 0 aliphatic heterocycles. The van der Waals surface area contributed by atoms with Crippen molar-refractivity contribution in [2.45, 2.75) is 10.8 Å². The van der Waals surface area contributed by atoms with Crippen LogP contribution in [0.1, 0.15) is 5.76 Å². The largest absolute Gasteiger partial charge is 0.468 e. The van der Waals surface area contributed by atoms with E-state index >= 15 is 0 Å². The van der Waals surface area contributed by atoms with E-state index in [9.17, 15) is 0 Å². The minimum absolute atomic E-state index is 0.196. The van der Waals surface area contributed by atoms with Crippen LogP contribution in [0.25, 0.3) is 0 Å². The highest BCUT2D eigenvalue weighted by molar-refractivity contribution is 7.98. The van der Waals surface area contributed by atoms with Crippen molar-refractivity contribution in [1.29, 1.82) is 0 Å². The maximum Gasteiger partial charge on any atom is 0.223 e. The van der Waals surface area contributed by atoms with Crippen LogP contribution < -0.4 is 0 Å². The summed E-state index contributed by atoms with van der Waals surface area (Å²) in [6.45, 7) is 0. The van der Waals surface area contributed by atoms with Crippen molar-refractivity contribution in [3.05, 3.63) is 40.7 Å². The summed E-state index contributed by atoms with van der Waals surface area (Å²) in [5.74, 6) is 1.53. The van der Waals surface area contributed by atoms with Gasteiger partial charge in [-0.3, -0.25) is 0 Å². The molecule has 0 radical (unpaired) electrons. The number of hydrogen-bond donors (Lipinski definition) is 0. The Kier molecular flexibility index (Phi) is 3.51. The van der Waals surface area contributed by atoms with E-state index < -0.39 is 0 Å². The van der Waals surface area contributed by atoms with Crippen LogP contribution in [0.15, 0.2) is 34.0 Å². The molecule has 2 heterocycles. The van der Waals surface area contributed by atoms with Crippen LogP contribution >= 0.6 is 35.0 Å². The lowest BCUT2D eigenvalue weighted by Crippen LogP contribution is -1.87. The van der Waals surface area contributed by atoms with E-state index in [-0.39, 0.29) is 5.28 Å². The van der Waals surface area contributed by atoms with E-state index in [4.69, 9.17) is 27.6 Å². The van der Waals surface area contributed by atoms with E-state index in [1.165, 1.54) is 18.0 Å². The molecule has 2 aromatic rings. The third-order valence-electron chi connectivity index (χ3n) is 1.61. The van der Waals surface area contributed by atoms with Gasteiger partial charge in [0.1, 0.15) is 10.8 Å². The lowest BCUT2D eigenvalue weighted by molar-refractivity contribution is 0.530. The first-order valence-electron chi connectivity index (χ1n) is 4.09. The second kappa shape index (κ2) is 4.88. The van der Waals surface area contributed by atoms with Gasteiger partial charge in [0.2, 0.25) is 5.28 Å². The SMILES string of the molecule is Clc1ncc(Cl)c(SCc2ccco2)n1. The average molecular weight is 261 g/mol. The molecule has 0 fully saturated rings. The predicted molar refractivity (Wildman–Crippen MR) is 60.3 cm³/mol. The van der Waals surface area contributed by atoms with Crippen molar-refractivity contribution >= 4 is 35.0 Å². The highest BCUT2D eigenvalue weighted by atomic mass is 35.5. The highest BCUT2D eigenvalue weighted by Gasteiger charge is 2.06. The zero-order valence-electron chi connectivity index (χ0n) is 7.48. The summed E-state index contributed by atoms with van der Waals surface area (Å²) >= 11 is 13.0. The van der Waals surface area contributed by atoms with Gasteiger partial charge in [0.05, 0.1) is 23.2 Å². The topological polar surface area (TPSA) is 38.9 Å². The molecule has 15 heavy (non-hydrogen) atoms. The molecule has 78 valence electrons. The van der Waals surface area contributed by atoms with Crippen molar-refractivity contribution in [3.63, 3.8) is 0 Å². The van der Waals surface area contributed by atoms with Gasteiger partial charge >= 0.3 is 0 Å². The standard InChI is InChI=1S/C9H6Cl2N2OS/c10-7-4-12-9(11)13-8(7)15-5-6-2-1-3-14-6/h1-4H,5H2. The first-order valence-corrected chi connectivity index (χ1v) is 5.83. The molecular formula is C9H6Cl2N2OS. The Bertz CT molecular complexity index is 447. The summed E-state index contributed by atoms with van der Waals surface area (Å²) in [5, 5.41) is 1.35. The van der Waals surface area contributed by atoms with Crippen LogP contribution in [-0.2, 0) is 5.75 Å². The fourth-order valence-electron chi connectivity index (χ4n) is 0.967. The van der Waals surface area contributed by atoms with Gasteiger partial charge in [0.25, 0.3) is 0 Å². The molecule has 0 bridgehead atoms. The molecule has 0 saturated carbocycles. The van der Waals surface area contributed by atoms with Crippen LogP contribution in [0.2, 0.25) is 10.3 Å². The van der Waals surface area contributed by atoms with Gasteiger partial charge in [0, 0.05) is 0 Å². The second-order valence-corrected chi connectivity index (χ2v) is 4.37. The van der Waals surface area contributed by atoms with E-state index in [2.05, 4.69) is 9.97 Å².